The molecule has 0 aliphatic carbocycles. The summed E-state index contributed by atoms with van der Waals surface area (Å²) in [4.78, 5) is 0. The lowest BCUT2D eigenvalue weighted by atomic mass is 10.0. The molecule has 0 amide bonds. The Hall–Kier alpha value is -5.54. The van der Waals surface area contributed by atoms with Gasteiger partial charge < -0.3 is 13.6 Å². The van der Waals surface area contributed by atoms with Crippen LogP contribution in [-0.2, 0) is 0 Å². The zero-order valence-corrected chi connectivity index (χ0v) is 22.2. The van der Waals surface area contributed by atoms with E-state index in [0.717, 1.165) is 27.6 Å². The number of para-hydroxylation sites is 3. The lowest BCUT2D eigenvalue weighted by Gasteiger charge is -2.09. The van der Waals surface area contributed by atoms with Gasteiger partial charge in [0.1, 0.15) is 11.2 Å². The molecular weight excluding hydrogens is 500 g/mol. The van der Waals surface area contributed by atoms with E-state index in [1.165, 1.54) is 49.5 Å². The third kappa shape index (κ3) is 3.33. The summed E-state index contributed by atoms with van der Waals surface area (Å²) in [6.45, 7) is 0. The summed E-state index contributed by atoms with van der Waals surface area (Å²) >= 11 is 0. The lowest BCUT2D eigenvalue weighted by molar-refractivity contribution is 0.669. The van der Waals surface area contributed by atoms with E-state index in [2.05, 4.69) is 143 Å². The maximum atomic E-state index is 6.05. The number of rotatable bonds is 3. The first kappa shape index (κ1) is 22.3. The van der Waals surface area contributed by atoms with Crippen molar-refractivity contribution in [2.45, 2.75) is 0 Å². The lowest BCUT2D eigenvalue weighted by Crippen LogP contribution is -1.93. The molecule has 0 aliphatic rings. The quantitative estimate of drug-likeness (QED) is 0.225. The number of hydrogen-bond donors (Lipinski definition) is 0. The van der Waals surface area contributed by atoms with Gasteiger partial charge in [0.05, 0.1) is 16.6 Å². The van der Waals surface area contributed by atoms with Crippen LogP contribution in [0.2, 0.25) is 0 Å². The first-order chi connectivity index (χ1) is 20.3. The van der Waals surface area contributed by atoms with E-state index in [1.807, 2.05) is 12.1 Å². The third-order valence-corrected chi connectivity index (χ3v) is 8.35. The van der Waals surface area contributed by atoms with Crippen LogP contribution in [0.4, 0.5) is 0 Å². The molecule has 0 saturated carbocycles. The molecule has 0 radical (unpaired) electrons. The predicted octanol–water partition coefficient (Wildman–Crippen LogP) is 10.3. The van der Waals surface area contributed by atoms with Crippen LogP contribution in [0.5, 0.6) is 0 Å². The van der Waals surface area contributed by atoms with Gasteiger partial charge in [-0.3, -0.25) is 0 Å². The summed E-state index contributed by atoms with van der Waals surface area (Å²) in [5.41, 5.74) is 10.2. The van der Waals surface area contributed by atoms with Crippen molar-refractivity contribution in [3.8, 4) is 22.5 Å². The van der Waals surface area contributed by atoms with E-state index >= 15 is 0 Å². The molecular formula is C38H24N2O. The smallest absolute Gasteiger partial charge is 0.135 e. The summed E-state index contributed by atoms with van der Waals surface area (Å²) in [6.07, 6.45) is 2.16. The predicted molar refractivity (Wildman–Crippen MR) is 170 cm³/mol. The summed E-state index contributed by atoms with van der Waals surface area (Å²) in [5, 5.41) is 6.03. The topological polar surface area (TPSA) is 23.0 Å². The number of hydrogen-bond acceptors (Lipinski definition) is 1. The highest BCUT2D eigenvalue weighted by molar-refractivity contribution is 6.10. The molecule has 0 unspecified atom stereocenters. The molecule has 3 heteroatoms. The molecule has 3 heterocycles. The molecule has 0 atom stereocenters. The first-order valence-corrected chi connectivity index (χ1v) is 13.9. The van der Waals surface area contributed by atoms with Crippen molar-refractivity contribution >= 4 is 54.6 Å². The van der Waals surface area contributed by atoms with Gasteiger partial charge in [-0.25, -0.2) is 0 Å². The van der Waals surface area contributed by atoms with Gasteiger partial charge in [0, 0.05) is 44.5 Å². The molecule has 41 heavy (non-hydrogen) atoms. The van der Waals surface area contributed by atoms with Crippen molar-refractivity contribution in [3.05, 3.63) is 146 Å². The van der Waals surface area contributed by atoms with Crippen LogP contribution < -0.4 is 0 Å². The minimum absolute atomic E-state index is 0.915. The van der Waals surface area contributed by atoms with Gasteiger partial charge in [-0.2, -0.15) is 0 Å². The normalized spacial score (nSPS) is 11.9. The van der Waals surface area contributed by atoms with E-state index in [9.17, 15) is 0 Å². The third-order valence-electron chi connectivity index (χ3n) is 8.35. The van der Waals surface area contributed by atoms with Gasteiger partial charge in [0.25, 0.3) is 0 Å². The highest BCUT2D eigenvalue weighted by atomic mass is 16.3. The standard InChI is InChI=1S/C38H24N2O/c1-2-8-28(9-3-1)40-35-12-6-4-10-30(35)32-23-26(15-18-36(32)40)25-14-17-34-27(22-25)20-21-39(34)29-16-19-38-33(24-29)31-11-5-7-13-37(31)41-38/h1-24H. The highest BCUT2D eigenvalue weighted by Gasteiger charge is 2.14. The molecule has 0 saturated heterocycles. The van der Waals surface area contributed by atoms with Crippen molar-refractivity contribution in [3.63, 3.8) is 0 Å². The number of benzene rings is 6. The second-order valence-corrected chi connectivity index (χ2v) is 10.7. The zero-order chi connectivity index (χ0) is 26.9. The number of fused-ring (bicyclic) bond motifs is 7. The SMILES string of the molecule is c1ccc(-n2c3ccccc3c3cc(-c4ccc5c(ccn5-c5ccc6oc7ccccc7c6c5)c4)ccc32)cc1. The van der Waals surface area contributed by atoms with E-state index in [0.29, 0.717) is 0 Å². The average Bonchev–Trinajstić information content (AvgIpc) is 3.72. The fraction of sp³-hybridized carbons (Fsp3) is 0. The van der Waals surface area contributed by atoms with Crippen LogP contribution in [0.15, 0.2) is 150 Å². The second-order valence-electron chi connectivity index (χ2n) is 10.7. The van der Waals surface area contributed by atoms with Crippen molar-refractivity contribution < 1.29 is 4.42 Å². The van der Waals surface area contributed by atoms with Gasteiger partial charge in [0.15, 0.2) is 0 Å². The van der Waals surface area contributed by atoms with Crippen LogP contribution in [0.1, 0.15) is 0 Å². The van der Waals surface area contributed by atoms with Crippen LogP contribution in [0.25, 0.3) is 77.1 Å². The van der Waals surface area contributed by atoms with Crippen molar-refractivity contribution in [1.29, 1.82) is 0 Å². The summed E-state index contributed by atoms with van der Waals surface area (Å²) in [7, 11) is 0. The van der Waals surface area contributed by atoms with Crippen molar-refractivity contribution in [2.75, 3.05) is 0 Å². The van der Waals surface area contributed by atoms with Gasteiger partial charge in [-0.05, 0) is 83.9 Å². The number of furan rings is 1. The molecule has 9 rings (SSSR count). The molecule has 0 fully saturated rings. The molecule has 9 aromatic rings. The Bertz CT molecular complexity index is 2420. The Morgan fingerprint density at radius 3 is 2.02 bits per heavy atom. The van der Waals surface area contributed by atoms with Crippen molar-refractivity contribution in [2.24, 2.45) is 0 Å². The number of nitrogens with zero attached hydrogens (tertiary/aromatic N) is 2. The van der Waals surface area contributed by atoms with E-state index < -0.39 is 0 Å². The Morgan fingerprint density at radius 1 is 0.415 bits per heavy atom. The molecule has 0 spiro atoms. The Kier molecular flexibility index (Phi) is 4.61. The molecule has 0 N–H and O–H groups in total. The fourth-order valence-electron chi connectivity index (χ4n) is 6.42. The Balaban J connectivity index is 1.16. The fourth-order valence-corrected chi connectivity index (χ4v) is 6.42. The van der Waals surface area contributed by atoms with E-state index in [-0.39, 0.29) is 0 Å². The van der Waals surface area contributed by atoms with Crippen LogP contribution in [-0.4, -0.2) is 9.13 Å². The average molecular weight is 525 g/mol. The van der Waals surface area contributed by atoms with E-state index in [1.54, 1.807) is 0 Å². The maximum Gasteiger partial charge on any atom is 0.135 e. The van der Waals surface area contributed by atoms with Gasteiger partial charge in [-0.15, -0.1) is 0 Å². The molecule has 3 aromatic heterocycles. The van der Waals surface area contributed by atoms with Gasteiger partial charge in [-0.1, -0.05) is 66.7 Å². The van der Waals surface area contributed by atoms with E-state index in [4.69, 9.17) is 4.42 Å². The van der Waals surface area contributed by atoms with Gasteiger partial charge >= 0.3 is 0 Å². The molecule has 192 valence electrons. The minimum atomic E-state index is 0.915. The van der Waals surface area contributed by atoms with Crippen LogP contribution in [0.3, 0.4) is 0 Å². The van der Waals surface area contributed by atoms with Crippen LogP contribution >= 0.6 is 0 Å². The largest absolute Gasteiger partial charge is 0.456 e. The minimum Gasteiger partial charge on any atom is -0.456 e. The second kappa shape index (κ2) is 8.48. The highest BCUT2D eigenvalue weighted by Crippen LogP contribution is 2.36. The molecule has 6 aromatic carbocycles. The monoisotopic (exact) mass is 524 g/mol. The number of aromatic nitrogens is 2. The molecule has 3 nitrogen and oxygen atoms in total. The van der Waals surface area contributed by atoms with Crippen LogP contribution in [0, 0.1) is 0 Å². The first-order valence-electron chi connectivity index (χ1n) is 13.9. The summed E-state index contributed by atoms with van der Waals surface area (Å²) < 4.78 is 10.7. The van der Waals surface area contributed by atoms with Crippen molar-refractivity contribution in [1.82, 2.24) is 9.13 Å². The Labute approximate surface area is 236 Å². The summed E-state index contributed by atoms with van der Waals surface area (Å²) in [5.74, 6) is 0. The zero-order valence-electron chi connectivity index (χ0n) is 22.2. The molecule has 0 aliphatic heterocycles. The summed E-state index contributed by atoms with van der Waals surface area (Å²) in [6, 6.07) is 49.8. The Morgan fingerprint density at radius 2 is 1.12 bits per heavy atom. The van der Waals surface area contributed by atoms with Gasteiger partial charge in [0.2, 0.25) is 0 Å². The maximum absolute atomic E-state index is 6.05. The molecule has 0 bridgehead atoms.